The lowest BCUT2D eigenvalue weighted by Crippen LogP contribution is -2.43. The molecule has 1 aliphatic carbocycles. The van der Waals surface area contributed by atoms with Gasteiger partial charge >= 0.3 is 6.18 Å². The molecule has 1 saturated carbocycles. The molecular weight excluding hydrogens is 405 g/mol. The maximum Gasteiger partial charge on any atom is 0.404 e. The molecule has 160 valence electrons. The van der Waals surface area contributed by atoms with Crippen molar-refractivity contribution in [2.45, 2.75) is 44.4 Å². The van der Waals surface area contributed by atoms with Gasteiger partial charge in [-0.25, -0.2) is 8.42 Å². The summed E-state index contributed by atoms with van der Waals surface area (Å²) in [6.45, 7) is -0.297. The predicted octanol–water partition coefficient (Wildman–Crippen LogP) is 4.06. The minimum Gasteiger partial charge on any atom is -0.490 e. The normalized spacial score (nSPS) is 21.2. The number of rotatable bonds is 5. The Labute approximate surface area is 169 Å². The fourth-order valence-corrected chi connectivity index (χ4v) is 4.92. The van der Waals surface area contributed by atoms with E-state index in [-0.39, 0.29) is 19.2 Å². The van der Waals surface area contributed by atoms with Crippen LogP contribution in [0, 0.1) is 0 Å². The Hall–Kier alpha value is -1.87. The summed E-state index contributed by atoms with van der Waals surface area (Å²) < 4.78 is 68.6. The molecular formula is C20H25F3N2O3S. The van der Waals surface area contributed by atoms with Crippen molar-refractivity contribution in [2.75, 3.05) is 25.9 Å². The number of nitrogens with zero attached hydrogens (tertiary/aromatic N) is 2. The predicted molar refractivity (Wildman–Crippen MR) is 107 cm³/mol. The Balaban J connectivity index is 1.72. The lowest BCUT2D eigenvalue weighted by atomic mass is 9.97. The molecule has 1 aromatic carbocycles. The van der Waals surface area contributed by atoms with Crippen molar-refractivity contribution < 1.29 is 26.3 Å². The van der Waals surface area contributed by atoms with E-state index in [1.165, 1.54) is 26.3 Å². The molecule has 0 N–H and O–H groups in total. The van der Waals surface area contributed by atoms with Gasteiger partial charge in [0.1, 0.15) is 5.75 Å². The van der Waals surface area contributed by atoms with E-state index in [4.69, 9.17) is 4.74 Å². The molecule has 1 aromatic rings. The van der Waals surface area contributed by atoms with Gasteiger partial charge < -0.3 is 4.74 Å². The van der Waals surface area contributed by atoms with Crippen LogP contribution in [0.15, 0.2) is 35.3 Å². The average molecular weight is 430 g/mol. The monoisotopic (exact) mass is 430 g/mol. The minimum atomic E-state index is -4.78. The quantitative estimate of drug-likeness (QED) is 0.708. The summed E-state index contributed by atoms with van der Waals surface area (Å²) in [7, 11) is -2.95. The molecule has 0 bridgehead atoms. The number of alkyl halides is 3. The zero-order valence-corrected chi connectivity index (χ0v) is 17.1. The van der Waals surface area contributed by atoms with Gasteiger partial charge in [0.15, 0.2) is 5.75 Å². The zero-order chi connectivity index (χ0) is 21.1. The summed E-state index contributed by atoms with van der Waals surface area (Å²) >= 11 is 0. The highest BCUT2D eigenvalue weighted by molar-refractivity contribution is 7.89. The van der Waals surface area contributed by atoms with E-state index >= 15 is 0 Å². The summed E-state index contributed by atoms with van der Waals surface area (Å²) in [5, 5.41) is 0. The van der Waals surface area contributed by atoms with E-state index in [2.05, 4.69) is 4.99 Å². The summed E-state index contributed by atoms with van der Waals surface area (Å²) in [4.78, 5) is 4.11. The van der Waals surface area contributed by atoms with Crippen LogP contribution in [0.5, 0.6) is 5.75 Å². The van der Waals surface area contributed by atoms with Crippen LogP contribution in [0.3, 0.4) is 0 Å². The molecule has 0 unspecified atom stereocenters. The molecule has 1 fully saturated rings. The number of benzene rings is 1. The van der Waals surface area contributed by atoms with Gasteiger partial charge in [0.2, 0.25) is 10.0 Å². The fraction of sp³-hybridized carbons (Fsp3) is 0.550. The lowest BCUT2D eigenvalue weighted by molar-refractivity contribution is -0.106. The number of hydrogen-bond acceptors (Lipinski definition) is 4. The fourth-order valence-electron chi connectivity index (χ4n) is 3.70. The third-order valence-corrected chi connectivity index (χ3v) is 6.92. The van der Waals surface area contributed by atoms with Gasteiger partial charge in [-0.1, -0.05) is 24.6 Å². The highest BCUT2D eigenvalue weighted by atomic mass is 32.2. The van der Waals surface area contributed by atoms with Crippen molar-refractivity contribution in [1.29, 1.82) is 0 Å². The molecule has 9 heteroatoms. The van der Waals surface area contributed by atoms with E-state index in [0.29, 0.717) is 5.71 Å². The summed E-state index contributed by atoms with van der Waals surface area (Å²) in [5.74, 6) is -1.09. The molecule has 1 heterocycles. The molecule has 0 radical (unpaired) electrons. The maximum absolute atomic E-state index is 12.6. The van der Waals surface area contributed by atoms with Crippen LogP contribution in [0.1, 0.15) is 37.7 Å². The van der Waals surface area contributed by atoms with Gasteiger partial charge in [0, 0.05) is 19.2 Å². The minimum absolute atomic E-state index is 0.118. The second-order valence-electron chi connectivity index (χ2n) is 7.35. The van der Waals surface area contributed by atoms with Crippen LogP contribution in [0.25, 0.3) is 5.57 Å². The molecule has 29 heavy (non-hydrogen) atoms. The molecule has 0 spiro atoms. The molecule has 0 saturated heterocycles. The molecule has 5 nitrogen and oxygen atoms in total. The molecule has 0 atom stereocenters. The van der Waals surface area contributed by atoms with Gasteiger partial charge in [-0.05, 0) is 43.4 Å². The Bertz CT molecular complexity index is 871. The third-order valence-electron chi connectivity index (χ3n) is 5.17. The molecule has 2 aliphatic rings. The van der Waals surface area contributed by atoms with Gasteiger partial charge in [0.05, 0.1) is 18.4 Å². The number of aliphatic imine (C=N–C) groups is 1. The van der Waals surface area contributed by atoms with Crippen molar-refractivity contribution in [3.8, 4) is 5.75 Å². The number of hydrogen-bond donors (Lipinski definition) is 0. The Kier molecular flexibility index (Phi) is 6.68. The van der Waals surface area contributed by atoms with Crippen molar-refractivity contribution in [3.63, 3.8) is 0 Å². The van der Waals surface area contributed by atoms with E-state index in [9.17, 15) is 21.6 Å². The molecule has 0 aromatic heterocycles. The topological polar surface area (TPSA) is 59.0 Å². The SMILES string of the molecule is CN=C1CN(S(=O)(=O)CC(F)(F)F)CC=C1c1ccc(OC2CCCCC2)cc1. The van der Waals surface area contributed by atoms with Gasteiger partial charge in [-0.15, -0.1) is 0 Å². The number of sulfonamides is 1. The number of halogens is 3. The summed E-state index contributed by atoms with van der Waals surface area (Å²) in [6.07, 6.45) is 2.80. The molecule has 1 aliphatic heterocycles. The number of ether oxygens (including phenoxy) is 1. The van der Waals surface area contributed by atoms with E-state index in [1.807, 2.05) is 24.3 Å². The third kappa shape index (κ3) is 5.82. The lowest BCUT2D eigenvalue weighted by Gasteiger charge is -2.27. The van der Waals surface area contributed by atoms with Crippen molar-refractivity contribution >= 4 is 21.3 Å². The first kappa shape index (κ1) is 21.8. The molecule has 3 rings (SSSR count). The van der Waals surface area contributed by atoms with Crippen molar-refractivity contribution in [3.05, 3.63) is 35.9 Å². The van der Waals surface area contributed by atoms with Crippen LogP contribution < -0.4 is 4.74 Å². The summed E-state index contributed by atoms with van der Waals surface area (Å²) in [5.41, 5.74) is 1.99. The van der Waals surface area contributed by atoms with Crippen LogP contribution in [0.2, 0.25) is 0 Å². The highest BCUT2D eigenvalue weighted by Gasteiger charge is 2.39. The Morgan fingerprint density at radius 1 is 1.14 bits per heavy atom. The average Bonchev–Trinajstić information content (AvgIpc) is 2.67. The standard InChI is InChI=1S/C20H25F3N2O3S/c1-24-19-13-25(29(26,27)14-20(21,22)23)12-11-18(19)15-7-9-17(10-8-15)28-16-5-3-2-4-6-16/h7-11,16H,2-6,12-14H2,1H3. The van der Waals surface area contributed by atoms with Gasteiger partial charge in [0.25, 0.3) is 0 Å². The Morgan fingerprint density at radius 2 is 1.79 bits per heavy atom. The van der Waals surface area contributed by atoms with Gasteiger partial charge in [-0.2, -0.15) is 17.5 Å². The van der Waals surface area contributed by atoms with E-state index < -0.39 is 22.0 Å². The first-order valence-corrected chi connectivity index (χ1v) is 11.3. The Morgan fingerprint density at radius 3 is 2.38 bits per heavy atom. The smallest absolute Gasteiger partial charge is 0.404 e. The second kappa shape index (κ2) is 8.87. The first-order valence-electron chi connectivity index (χ1n) is 9.66. The van der Waals surface area contributed by atoms with Crippen molar-refractivity contribution in [1.82, 2.24) is 4.31 Å². The second-order valence-corrected chi connectivity index (χ2v) is 9.32. The van der Waals surface area contributed by atoms with Crippen LogP contribution in [-0.2, 0) is 10.0 Å². The first-order chi connectivity index (χ1) is 13.7. The van der Waals surface area contributed by atoms with Crippen LogP contribution >= 0.6 is 0 Å². The largest absolute Gasteiger partial charge is 0.490 e. The maximum atomic E-state index is 12.6. The van der Waals surface area contributed by atoms with Crippen LogP contribution in [0.4, 0.5) is 13.2 Å². The van der Waals surface area contributed by atoms with E-state index in [1.54, 1.807) is 6.08 Å². The van der Waals surface area contributed by atoms with Gasteiger partial charge in [-0.3, -0.25) is 4.99 Å². The van der Waals surface area contributed by atoms with Crippen LogP contribution in [-0.4, -0.2) is 56.6 Å². The molecule has 0 amide bonds. The van der Waals surface area contributed by atoms with Crippen molar-refractivity contribution in [2.24, 2.45) is 4.99 Å². The zero-order valence-electron chi connectivity index (χ0n) is 16.3. The highest BCUT2D eigenvalue weighted by Crippen LogP contribution is 2.28. The summed E-state index contributed by atoms with van der Waals surface area (Å²) in [6, 6.07) is 7.47. The van der Waals surface area contributed by atoms with E-state index in [0.717, 1.165) is 34.0 Å².